The summed E-state index contributed by atoms with van der Waals surface area (Å²) in [6.07, 6.45) is 4.79. The fourth-order valence-corrected chi connectivity index (χ4v) is 4.31. The van der Waals surface area contributed by atoms with Crippen molar-refractivity contribution in [1.82, 2.24) is 4.40 Å². The highest BCUT2D eigenvalue weighted by molar-refractivity contribution is 5.89. The summed E-state index contributed by atoms with van der Waals surface area (Å²) in [6, 6.07) is 1.47. The van der Waals surface area contributed by atoms with Crippen molar-refractivity contribution >= 4 is 17.2 Å². The summed E-state index contributed by atoms with van der Waals surface area (Å²) in [7, 11) is 0. The molecule has 1 unspecified atom stereocenters. The van der Waals surface area contributed by atoms with Gasteiger partial charge in [0.05, 0.1) is 17.4 Å². The number of carboxylic acids is 1. The molecule has 0 bridgehead atoms. The monoisotopic (exact) mass is 374 g/mol. The fourth-order valence-electron chi connectivity index (χ4n) is 4.31. The van der Waals surface area contributed by atoms with Crippen LogP contribution in [0.15, 0.2) is 17.1 Å². The number of carboxylic acid groups (broad SMARTS) is 1. The van der Waals surface area contributed by atoms with Crippen molar-refractivity contribution in [2.75, 3.05) is 24.6 Å². The molecule has 1 atom stereocenters. The minimum Gasteiger partial charge on any atom is -0.477 e. The molecule has 144 valence electrons. The van der Waals surface area contributed by atoms with Gasteiger partial charge in [-0.25, -0.2) is 9.18 Å². The first-order chi connectivity index (χ1) is 12.9. The lowest BCUT2D eigenvalue weighted by Crippen LogP contribution is -2.38. The molecule has 0 radical (unpaired) electrons. The van der Waals surface area contributed by atoms with E-state index in [4.69, 9.17) is 0 Å². The maximum atomic E-state index is 15.0. The van der Waals surface area contributed by atoms with Gasteiger partial charge in [-0.1, -0.05) is 0 Å². The molecule has 0 amide bonds. The van der Waals surface area contributed by atoms with Crippen molar-refractivity contribution in [2.24, 2.45) is 5.92 Å². The van der Waals surface area contributed by atoms with Crippen molar-refractivity contribution in [3.8, 4) is 0 Å². The number of anilines is 1. The van der Waals surface area contributed by atoms with Crippen LogP contribution in [0.5, 0.6) is 0 Å². The number of halogens is 1. The van der Waals surface area contributed by atoms with Gasteiger partial charge in [0.25, 0.3) is 5.56 Å². The zero-order valence-corrected chi connectivity index (χ0v) is 15.2. The average molecular weight is 374 g/mol. The van der Waals surface area contributed by atoms with Gasteiger partial charge in [0.15, 0.2) is 5.82 Å². The number of aromatic nitrogens is 1. The van der Waals surface area contributed by atoms with Crippen molar-refractivity contribution in [3.63, 3.8) is 0 Å². The van der Waals surface area contributed by atoms with Crippen LogP contribution in [0.3, 0.4) is 0 Å². The Balaban J connectivity index is 1.95. The van der Waals surface area contributed by atoms with Crippen molar-refractivity contribution < 1.29 is 19.4 Å². The molecule has 2 fully saturated rings. The average Bonchev–Trinajstić information content (AvgIpc) is 3.47. The summed E-state index contributed by atoms with van der Waals surface area (Å²) in [4.78, 5) is 26.0. The molecule has 1 saturated heterocycles. The molecule has 7 heteroatoms. The predicted octanol–water partition coefficient (Wildman–Crippen LogP) is 2.53. The van der Waals surface area contributed by atoms with Gasteiger partial charge < -0.3 is 15.1 Å². The number of aryl methyl sites for hydroxylation is 1. The third kappa shape index (κ3) is 3.00. The smallest absolute Gasteiger partial charge is 0.341 e. The second kappa shape index (κ2) is 6.64. The highest BCUT2D eigenvalue weighted by Crippen LogP contribution is 2.44. The van der Waals surface area contributed by atoms with Crippen LogP contribution in [0.1, 0.15) is 53.1 Å². The third-order valence-electron chi connectivity index (χ3n) is 5.78. The molecule has 4 rings (SSSR count). The second-order valence-electron chi connectivity index (χ2n) is 7.70. The summed E-state index contributed by atoms with van der Waals surface area (Å²) in [5.74, 6) is -1.51. The number of aromatic carboxylic acids is 1. The number of hydrogen-bond acceptors (Lipinski definition) is 4. The Morgan fingerprint density at radius 1 is 1.33 bits per heavy atom. The number of pyridine rings is 2. The van der Waals surface area contributed by atoms with E-state index in [2.05, 4.69) is 0 Å². The highest BCUT2D eigenvalue weighted by Gasteiger charge is 2.31. The zero-order chi connectivity index (χ0) is 19.3. The quantitative estimate of drug-likeness (QED) is 0.859. The Morgan fingerprint density at radius 2 is 2.07 bits per heavy atom. The Bertz CT molecular complexity index is 980. The maximum Gasteiger partial charge on any atom is 0.341 e. The summed E-state index contributed by atoms with van der Waals surface area (Å²) >= 11 is 0. The van der Waals surface area contributed by atoms with E-state index in [9.17, 15) is 19.8 Å². The first kappa shape index (κ1) is 18.0. The van der Waals surface area contributed by atoms with E-state index < -0.39 is 17.3 Å². The Hall–Kier alpha value is -2.41. The van der Waals surface area contributed by atoms with Crippen molar-refractivity contribution in [3.05, 3.63) is 45.1 Å². The van der Waals surface area contributed by atoms with E-state index in [0.29, 0.717) is 29.9 Å². The number of rotatable bonds is 4. The molecule has 0 aromatic carbocycles. The molecule has 6 nitrogen and oxygen atoms in total. The summed E-state index contributed by atoms with van der Waals surface area (Å²) < 4.78 is 16.2. The van der Waals surface area contributed by atoms with Gasteiger partial charge in [0.1, 0.15) is 5.56 Å². The minimum absolute atomic E-state index is 0.0690. The lowest BCUT2D eigenvalue weighted by Gasteiger charge is -2.35. The molecule has 0 spiro atoms. The summed E-state index contributed by atoms with van der Waals surface area (Å²) in [5.41, 5.74) is 1.51. The molecular weight excluding hydrogens is 351 g/mol. The van der Waals surface area contributed by atoms with Crippen LogP contribution in [0.25, 0.3) is 5.52 Å². The lowest BCUT2D eigenvalue weighted by atomic mass is 9.96. The summed E-state index contributed by atoms with van der Waals surface area (Å²) in [6.45, 7) is 3.13. The molecule has 2 aliphatic rings. The molecular formula is C20H23FN2O4. The Labute approximate surface area is 155 Å². The van der Waals surface area contributed by atoms with Gasteiger partial charge >= 0.3 is 5.97 Å². The van der Waals surface area contributed by atoms with Gasteiger partial charge in [-0.15, -0.1) is 0 Å². The molecule has 2 N–H and O–H groups in total. The van der Waals surface area contributed by atoms with Crippen LogP contribution in [-0.2, 0) is 0 Å². The number of hydrogen-bond donors (Lipinski definition) is 2. The van der Waals surface area contributed by atoms with Crippen LogP contribution in [-0.4, -0.2) is 40.3 Å². The number of carbonyl (C=O) groups is 1. The van der Waals surface area contributed by atoms with E-state index in [1.807, 2.05) is 4.90 Å². The van der Waals surface area contributed by atoms with Gasteiger partial charge in [0, 0.05) is 19.7 Å². The molecule has 1 aliphatic heterocycles. The SMILES string of the molecule is Cc1c(N2CCCC(CO)C2)c(F)cn2c(=O)c(C(=O)O)cc(C3CC3)c12. The highest BCUT2D eigenvalue weighted by atomic mass is 19.1. The fraction of sp³-hybridized carbons (Fsp3) is 0.500. The van der Waals surface area contributed by atoms with Gasteiger partial charge in [-0.05, 0) is 61.6 Å². The molecule has 2 aromatic rings. The molecule has 1 aliphatic carbocycles. The normalized spacial score (nSPS) is 20.3. The van der Waals surface area contributed by atoms with E-state index in [-0.39, 0.29) is 24.0 Å². The maximum absolute atomic E-state index is 15.0. The van der Waals surface area contributed by atoms with Crippen molar-refractivity contribution in [2.45, 2.75) is 38.5 Å². The van der Waals surface area contributed by atoms with E-state index in [0.717, 1.165) is 37.4 Å². The van der Waals surface area contributed by atoms with Gasteiger partial charge in [0.2, 0.25) is 0 Å². The van der Waals surface area contributed by atoms with E-state index >= 15 is 4.39 Å². The number of fused-ring (bicyclic) bond motifs is 1. The number of nitrogens with zero attached hydrogens (tertiary/aromatic N) is 2. The molecule has 2 aromatic heterocycles. The first-order valence-electron chi connectivity index (χ1n) is 9.39. The van der Waals surface area contributed by atoms with Crippen LogP contribution in [0, 0.1) is 18.7 Å². The van der Waals surface area contributed by atoms with Crippen LogP contribution in [0.4, 0.5) is 10.1 Å². The molecule has 1 saturated carbocycles. The molecule has 3 heterocycles. The van der Waals surface area contributed by atoms with E-state index in [1.54, 1.807) is 6.92 Å². The Morgan fingerprint density at radius 3 is 2.70 bits per heavy atom. The van der Waals surface area contributed by atoms with Crippen LogP contribution >= 0.6 is 0 Å². The largest absolute Gasteiger partial charge is 0.477 e. The Kier molecular flexibility index (Phi) is 4.42. The van der Waals surface area contributed by atoms with Crippen molar-refractivity contribution in [1.29, 1.82) is 0 Å². The van der Waals surface area contributed by atoms with E-state index in [1.165, 1.54) is 10.5 Å². The number of aliphatic hydroxyl groups is 1. The van der Waals surface area contributed by atoms with Gasteiger partial charge in [-0.2, -0.15) is 0 Å². The lowest BCUT2D eigenvalue weighted by molar-refractivity contribution is 0.0694. The third-order valence-corrected chi connectivity index (χ3v) is 5.78. The zero-order valence-electron chi connectivity index (χ0n) is 15.2. The standard InChI is InChI=1S/C20H23FN2O4/c1-11-17-14(13-4-5-13)7-15(20(26)27)19(25)23(17)9-16(21)18(11)22-6-2-3-12(8-22)10-24/h7,9,12-13,24H,2-6,8,10H2,1H3,(H,26,27). The molecule has 27 heavy (non-hydrogen) atoms. The van der Waals surface area contributed by atoms with Gasteiger partial charge in [-0.3, -0.25) is 9.20 Å². The predicted molar refractivity (Wildman–Crippen MR) is 99.3 cm³/mol. The number of aliphatic hydroxyl groups excluding tert-OH is 1. The van der Waals surface area contributed by atoms with Crippen LogP contribution in [0.2, 0.25) is 0 Å². The summed E-state index contributed by atoms with van der Waals surface area (Å²) in [5, 5.41) is 18.9. The first-order valence-corrected chi connectivity index (χ1v) is 9.39. The van der Waals surface area contributed by atoms with Crippen LogP contribution < -0.4 is 10.5 Å². The minimum atomic E-state index is -1.29. The second-order valence-corrected chi connectivity index (χ2v) is 7.70. The topological polar surface area (TPSA) is 82.2 Å². The number of piperidine rings is 1.